The molecule has 1 amide bonds. The van der Waals surface area contributed by atoms with Crippen molar-refractivity contribution in [2.24, 2.45) is 0 Å². The van der Waals surface area contributed by atoms with E-state index in [2.05, 4.69) is 0 Å². The molecule has 35 heavy (non-hydrogen) atoms. The molecule has 0 radical (unpaired) electrons. The van der Waals surface area contributed by atoms with Crippen molar-refractivity contribution in [2.75, 3.05) is 20.3 Å². The highest BCUT2D eigenvalue weighted by atomic mass is 16.5. The Kier molecular flexibility index (Phi) is 7.73. The summed E-state index contributed by atoms with van der Waals surface area (Å²) in [4.78, 5) is 34.3. The molecule has 4 rings (SSSR count). The summed E-state index contributed by atoms with van der Waals surface area (Å²) in [6.07, 6.45) is 1.27. The van der Waals surface area contributed by atoms with Gasteiger partial charge in [0.25, 0.3) is 11.5 Å². The molecule has 0 N–H and O–H groups in total. The van der Waals surface area contributed by atoms with Crippen LogP contribution < -0.4 is 5.56 Å². The summed E-state index contributed by atoms with van der Waals surface area (Å²) in [5.74, 6) is 0.468. The molecule has 6 nitrogen and oxygen atoms in total. The molecular weight excluding hydrogens is 438 g/mol. The van der Waals surface area contributed by atoms with Crippen LogP contribution in [0.3, 0.4) is 0 Å². The van der Waals surface area contributed by atoms with E-state index >= 15 is 0 Å². The Labute approximate surface area is 205 Å². The summed E-state index contributed by atoms with van der Waals surface area (Å²) in [6, 6.07) is 24.0. The summed E-state index contributed by atoms with van der Waals surface area (Å²) in [5.41, 5.74) is 2.91. The van der Waals surface area contributed by atoms with Gasteiger partial charge in [-0.1, -0.05) is 55.0 Å². The number of carbonyl (C=O) groups excluding carboxylic acids is 1. The lowest BCUT2D eigenvalue weighted by atomic mass is 10.1. The fourth-order valence-corrected chi connectivity index (χ4v) is 4.38. The number of hydrogen-bond acceptors (Lipinski definition) is 4. The average molecular weight is 470 g/mol. The highest BCUT2D eigenvalue weighted by molar-refractivity contribution is 5.94. The topological polar surface area (TPSA) is 64.4 Å². The fourth-order valence-electron chi connectivity index (χ4n) is 4.38. The minimum absolute atomic E-state index is 0.0880. The summed E-state index contributed by atoms with van der Waals surface area (Å²) in [7, 11) is 1.65. The van der Waals surface area contributed by atoms with Crippen molar-refractivity contribution in [1.82, 2.24) is 14.5 Å². The zero-order valence-electron chi connectivity index (χ0n) is 20.5. The molecule has 0 saturated carbocycles. The van der Waals surface area contributed by atoms with Crippen molar-refractivity contribution in [2.45, 2.75) is 32.7 Å². The van der Waals surface area contributed by atoms with Gasteiger partial charge in [-0.05, 0) is 56.2 Å². The quantitative estimate of drug-likeness (QED) is 0.311. The number of ether oxygens (including phenoxy) is 1. The van der Waals surface area contributed by atoms with Gasteiger partial charge in [-0.25, -0.2) is 4.98 Å². The Morgan fingerprint density at radius 2 is 1.69 bits per heavy atom. The third-order valence-corrected chi connectivity index (χ3v) is 6.18. The monoisotopic (exact) mass is 469 g/mol. The van der Waals surface area contributed by atoms with E-state index in [1.54, 1.807) is 17.7 Å². The molecular formula is C29H31N3O3. The van der Waals surface area contributed by atoms with Crippen molar-refractivity contribution in [3.63, 3.8) is 0 Å². The van der Waals surface area contributed by atoms with Gasteiger partial charge in [0, 0.05) is 25.8 Å². The number of fused-ring (bicyclic) bond motifs is 1. The molecule has 0 aliphatic rings. The Morgan fingerprint density at radius 3 is 2.37 bits per heavy atom. The SMILES string of the molecule is CCC(c1nc2ccccc2c(=O)n1-c1ccccc1)N(CCCOC)C(=O)c1ccc(C)cc1. The molecule has 0 spiro atoms. The van der Waals surface area contributed by atoms with Crippen molar-refractivity contribution in [3.8, 4) is 5.69 Å². The maximum atomic E-state index is 13.8. The largest absolute Gasteiger partial charge is 0.385 e. The van der Waals surface area contributed by atoms with Crippen molar-refractivity contribution in [3.05, 3.63) is 106 Å². The molecule has 0 aliphatic heterocycles. The van der Waals surface area contributed by atoms with Crippen LogP contribution in [0.2, 0.25) is 0 Å². The number of aromatic nitrogens is 2. The number of rotatable bonds is 9. The van der Waals surface area contributed by atoms with Crippen molar-refractivity contribution < 1.29 is 9.53 Å². The Balaban J connectivity index is 1.90. The second-order valence-corrected chi connectivity index (χ2v) is 8.60. The Bertz CT molecular complexity index is 1350. The van der Waals surface area contributed by atoms with E-state index in [0.717, 1.165) is 11.3 Å². The molecule has 1 atom stereocenters. The van der Waals surface area contributed by atoms with E-state index in [1.165, 1.54) is 0 Å². The van der Waals surface area contributed by atoms with Crippen molar-refractivity contribution in [1.29, 1.82) is 0 Å². The lowest BCUT2D eigenvalue weighted by Crippen LogP contribution is -2.39. The van der Waals surface area contributed by atoms with Crippen LogP contribution in [0, 0.1) is 6.92 Å². The third-order valence-electron chi connectivity index (χ3n) is 6.18. The highest BCUT2D eigenvalue weighted by Gasteiger charge is 2.29. The summed E-state index contributed by atoms with van der Waals surface area (Å²) in [5, 5.41) is 0.547. The smallest absolute Gasteiger partial charge is 0.266 e. The standard InChI is InChI=1S/C29H31N3O3/c1-4-26(31(19-10-20-35-3)28(33)22-17-15-21(2)16-18-22)27-30-25-14-9-8-13-24(25)29(34)32(27)23-11-6-5-7-12-23/h5-9,11-18,26H,4,10,19-20H2,1-3H3. The van der Waals surface area contributed by atoms with Crippen LogP contribution in [-0.4, -0.2) is 40.6 Å². The van der Waals surface area contributed by atoms with Gasteiger partial charge in [-0.3, -0.25) is 14.2 Å². The van der Waals surface area contributed by atoms with Crippen LogP contribution in [0.15, 0.2) is 83.7 Å². The molecule has 6 heteroatoms. The fraction of sp³-hybridized carbons (Fsp3) is 0.276. The first-order chi connectivity index (χ1) is 17.0. The van der Waals surface area contributed by atoms with Gasteiger partial charge in [0.15, 0.2) is 0 Å². The van der Waals surface area contributed by atoms with E-state index < -0.39 is 6.04 Å². The molecule has 0 bridgehead atoms. The predicted molar refractivity (Wildman–Crippen MR) is 139 cm³/mol. The maximum absolute atomic E-state index is 13.8. The van der Waals surface area contributed by atoms with E-state index in [-0.39, 0.29) is 11.5 Å². The number of benzene rings is 3. The van der Waals surface area contributed by atoms with Gasteiger partial charge in [0.1, 0.15) is 5.82 Å². The molecule has 0 aliphatic carbocycles. The number of carbonyl (C=O) groups is 1. The van der Waals surface area contributed by atoms with Gasteiger partial charge < -0.3 is 9.64 Å². The van der Waals surface area contributed by atoms with E-state index in [1.807, 2.05) is 91.5 Å². The molecule has 1 heterocycles. The number of methoxy groups -OCH3 is 1. The van der Waals surface area contributed by atoms with Crippen LogP contribution in [0.1, 0.15) is 47.6 Å². The minimum atomic E-state index is -0.404. The van der Waals surface area contributed by atoms with E-state index in [9.17, 15) is 9.59 Å². The summed E-state index contributed by atoms with van der Waals surface area (Å²) in [6.45, 7) is 5.03. The van der Waals surface area contributed by atoms with Gasteiger partial charge in [0.2, 0.25) is 0 Å². The minimum Gasteiger partial charge on any atom is -0.385 e. The molecule has 0 saturated heterocycles. The van der Waals surface area contributed by atoms with Crippen LogP contribution >= 0.6 is 0 Å². The summed E-state index contributed by atoms with van der Waals surface area (Å²) >= 11 is 0. The van der Waals surface area contributed by atoms with Crippen LogP contribution in [0.25, 0.3) is 16.6 Å². The maximum Gasteiger partial charge on any atom is 0.266 e. The molecule has 0 fully saturated rings. The number of amides is 1. The van der Waals surface area contributed by atoms with Gasteiger partial charge >= 0.3 is 0 Å². The van der Waals surface area contributed by atoms with Gasteiger partial charge in [-0.15, -0.1) is 0 Å². The van der Waals surface area contributed by atoms with Gasteiger partial charge in [-0.2, -0.15) is 0 Å². The lowest BCUT2D eigenvalue weighted by molar-refractivity contribution is 0.0634. The number of para-hydroxylation sites is 2. The van der Waals surface area contributed by atoms with E-state index in [0.29, 0.717) is 48.3 Å². The first kappa shape index (κ1) is 24.4. The average Bonchev–Trinajstić information content (AvgIpc) is 2.89. The van der Waals surface area contributed by atoms with Crippen molar-refractivity contribution >= 4 is 16.8 Å². The second-order valence-electron chi connectivity index (χ2n) is 8.60. The third kappa shape index (κ3) is 5.17. The Hall–Kier alpha value is -3.77. The zero-order valence-corrected chi connectivity index (χ0v) is 20.5. The lowest BCUT2D eigenvalue weighted by Gasteiger charge is -2.32. The van der Waals surface area contributed by atoms with Crippen LogP contribution in [0.4, 0.5) is 0 Å². The first-order valence-electron chi connectivity index (χ1n) is 12.0. The molecule has 180 valence electrons. The summed E-state index contributed by atoms with van der Waals surface area (Å²) < 4.78 is 6.93. The number of nitrogens with zero attached hydrogens (tertiary/aromatic N) is 3. The normalized spacial score (nSPS) is 12.0. The Morgan fingerprint density at radius 1 is 1.00 bits per heavy atom. The van der Waals surface area contributed by atoms with Gasteiger partial charge in [0.05, 0.1) is 22.6 Å². The first-order valence-corrected chi connectivity index (χ1v) is 12.0. The van der Waals surface area contributed by atoms with E-state index in [4.69, 9.17) is 9.72 Å². The number of hydrogen-bond donors (Lipinski definition) is 0. The predicted octanol–water partition coefficient (Wildman–Crippen LogP) is 5.32. The zero-order chi connectivity index (χ0) is 24.8. The highest BCUT2D eigenvalue weighted by Crippen LogP contribution is 2.28. The molecule has 1 aromatic heterocycles. The van der Waals surface area contributed by atoms with Crippen LogP contribution in [0.5, 0.6) is 0 Å². The molecule has 1 unspecified atom stereocenters. The molecule has 4 aromatic rings. The number of aryl methyl sites for hydroxylation is 1. The van der Waals surface area contributed by atoms with Crippen LogP contribution in [-0.2, 0) is 4.74 Å². The molecule has 3 aromatic carbocycles. The second kappa shape index (κ2) is 11.1.